The zero-order chi connectivity index (χ0) is 24.5. The zero-order valence-corrected chi connectivity index (χ0v) is 19.4. The van der Waals surface area contributed by atoms with Gasteiger partial charge in [-0.25, -0.2) is 4.98 Å². The Kier molecular flexibility index (Phi) is 5.38. The van der Waals surface area contributed by atoms with Crippen molar-refractivity contribution < 1.29 is 4.79 Å². The van der Waals surface area contributed by atoms with Crippen LogP contribution >= 0.6 is 0 Å². The van der Waals surface area contributed by atoms with Crippen molar-refractivity contribution in [2.45, 2.75) is 19.8 Å². The number of rotatable bonds is 6. The highest BCUT2D eigenvalue weighted by atomic mass is 16.1. The highest BCUT2D eigenvalue weighted by molar-refractivity contribution is 5.97. The Hall–Kier alpha value is -4.99. The fourth-order valence-corrected chi connectivity index (χ4v) is 4.11. The van der Waals surface area contributed by atoms with Crippen molar-refractivity contribution in [1.29, 1.82) is 0 Å². The summed E-state index contributed by atoms with van der Waals surface area (Å²) < 4.78 is 0. The van der Waals surface area contributed by atoms with E-state index in [0.717, 1.165) is 45.2 Å². The molecular weight excluding hydrogens is 454 g/mol. The molecule has 0 unspecified atom stereocenters. The lowest BCUT2D eigenvalue weighted by Crippen LogP contribution is -2.10. The van der Waals surface area contributed by atoms with E-state index in [1.165, 1.54) is 0 Å². The Morgan fingerprint density at radius 3 is 2.75 bits per heavy atom. The maximum Gasteiger partial charge on any atom is 0.224 e. The van der Waals surface area contributed by atoms with Crippen LogP contribution in [0.15, 0.2) is 67.5 Å². The molecule has 0 aromatic carbocycles. The van der Waals surface area contributed by atoms with Gasteiger partial charge in [0.25, 0.3) is 0 Å². The van der Waals surface area contributed by atoms with Gasteiger partial charge in [0, 0.05) is 41.5 Å². The molecule has 0 radical (unpaired) electrons. The van der Waals surface area contributed by atoms with Crippen LogP contribution in [0.3, 0.4) is 0 Å². The van der Waals surface area contributed by atoms with E-state index in [2.05, 4.69) is 40.4 Å². The molecule has 6 heterocycles. The second-order valence-corrected chi connectivity index (χ2v) is 8.33. The highest BCUT2D eigenvalue weighted by Gasteiger charge is 2.17. The maximum absolute atomic E-state index is 12.0. The summed E-state index contributed by atoms with van der Waals surface area (Å²) in [5, 5.41) is 11.3. The van der Waals surface area contributed by atoms with Gasteiger partial charge >= 0.3 is 0 Å². The van der Waals surface area contributed by atoms with Crippen LogP contribution in [0.25, 0.3) is 56.0 Å². The third-order valence-electron chi connectivity index (χ3n) is 5.80. The molecule has 0 aliphatic carbocycles. The maximum atomic E-state index is 12.0. The van der Waals surface area contributed by atoms with Crippen LogP contribution in [0.4, 0.5) is 5.69 Å². The summed E-state index contributed by atoms with van der Waals surface area (Å²) in [5.74, 6) is 0.568. The van der Waals surface area contributed by atoms with Crippen LogP contribution < -0.4 is 5.32 Å². The Bertz CT molecular complexity index is 1710. The van der Waals surface area contributed by atoms with Gasteiger partial charge < -0.3 is 10.3 Å². The number of H-pyrrole nitrogens is 2. The van der Waals surface area contributed by atoms with Crippen molar-refractivity contribution in [3.8, 4) is 34.0 Å². The minimum absolute atomic E-state index is 0.0403. The topological polar surface area (TPSA) is 138 Å². The number of anilines is 1. The van der Waals surface area contributed by atoms with Crippen LogP contribution in [0.1, 0.15) is 19.8 Å². The minimum atomic E-state index is -0.0403. The SMILES string of the molecule is CCCC(=O)Nc1cncc(-c2cc3c(-c4nc5c(-c6ccccn6)cncc5[nH]4)n[nH]c3cn2)c1. The molecule has 3 N–H and O–H groups in total. The molecular formula is C26H21N9O. The van der Waals surface area contributed by atoms with E-state index in [1.807, 2.05) is 37.3 Å². The van der Waals surface area contributed by atoms with Gasteiger partial charge in [0.05, 0.1) is 46.7 Å². The van der Waals surface area contributed by atoms with Crippen molar-refractivity contribution >= 4 is 33.5 Å². The Morgan fingerprint density at radius 2 is 1.89 bits per heavy atom. The molecule has 0 aliphatic rings. The average Bonchev–Trinajstić information content (AvgIpc) is 3.53. The number of pyridine rings is 4. The van der Waals surface area contributed by atoms with Crippen molar-refractivity contribution in [2.24, 2.45) is 0 Å². The monoisotopic (exact) mass is 475 g/mol. The number of carbonyl (C=O) groups is 1. The zero-order valence-electron chi connectivity index (χ0n) is 19.4. The number of nitrogens with zero attached hydrogens (tertiary/aromatic N) is 6. The van der Waals surface area contributed by atoms with Crippen LogP contribution in [-0.2, 0) is 4.79 Å². The quantitative estimate of drug-likeness (QED) is 0.316. The first-order chi connectivity index (χ1) is 17.7. The Morgan fingerprint density at radius 1 is 0.972 bits per heavy atom. The number of aromatic amines is 2. The number of hydrogen-bond acceptors (Lipinski definition) is 7. The molecule has 0 spiro atoms. The summed E-state index contributed by atoms with van der Waals surface area (Å²) >= 11 is 0. The number of amides is 1. The van der Waals surface area contributed by atoms with Gasteiger partial charge in [-0.2, -0.15) is 5.10 Å². The van der Waals surface area contributed by atoms with Crippen molar-refractivity contribution in [3.63, 3.8) is 0 Å². The smallest absolute Gasteiger partial charge is 0.224 e. The minimum Gasteiger partial charge on any atom is -0.335 e. The molecule has 0 bridgehead atoms. The third-order valence-corrected chi connectivity index (χ3v) is 5.80. The molecule has 0 saturated heterocycles. The lowest BCUT2D eigenvalue weighted by atomic mass is 10.1. The number of carbonyl (C=O) groups excluding carboxylic acids is 1. The van der Waals surface area contributed by atoms with Crippen LogP contribution in [0.5, 0.6) is 0 Å². The fraction of sp³-hybridized carbons (Fsp3) is 0.115. The molecule has 0 fully saturated rings. The second-order valence-electron chi connectivity index (χ2n) is 8.33. The molecule has 6 rings (SSSR count). The molecule has 6 aromatic rings. The van der Waals surface area contributed by atoms with Crippen LogP contribution in [0, 0.1) is 0 Å². The second kappa shape index (κ2) is 8.99. The predicted molar refractivity (Wildman–Crippen MR) is 137 cm³/mol. The molecule has 0 atom stereocenters. The van der Waals surface area contributed by atoms with Gasteiger partial charge in [-0.05, 0) is 30.7 Å². The van der Waals surface area contributed by atoms with E-state index in [9.17, 15) is 4.79 Å². The summed E-state index contributed by atoms with van der Waals surface area (Å²) in [5.41, 5.74) is 6.75. The van der Waals surface area contributed by atoms with Gasteiger partial charge in [0.2, 0.25) is 5.91 Å². The average molecular weight is 476 g/mol. The van der Waals surface area contributed by atoms with Crippen molar-refractivity contribution in [1.82, 2.24) is 40.1 Å². The van der Waals surface area contributed by atoms with E-state index >= 15 is 0 Å². The van der Waals surface area contributed by atoms with E-state index in [-0.39, 0.29) is 5.91 Å². The molecule has 36 heavy (non-hydrogen) atoms. The largest absolute Gasteiger partial charge is 0.335 e. The van der Waals surface area contributed by atoms with Gasteiger partial charge in [0.1, 0.15) is 11.2 Å². The van der Waals surface area contributed by atoms with Crippen molar-refractivity contribution in [3.05, 3.63) is 67.5 Å². The summed E-state index contributed by atoms with van der Waals surface area (Å²) in [6.45, 7) is 1.97. The van der Waals surface area contributed by atoms with Gasteiger partial charge in [-0.1, -0.05) is 13.0 Å². The summed E-state index contributed by atoms with van der Waals surface area (Å²) in [4.78, 5) is 37.8. The summed E-state index contributed by atoms with van der Waals surface area (Å²) in [6.07, 6.45) is 11.6. The number of hydrogen-bond donors (Lipinski definition) is 3. The molecule has 176 valence electrons. The number of nitrogens with one attached hydrogen (secondary N) is 3. The van der Waals surface area contributed by atoms with E-state index < -0.39 is 0 Å². The standard InChI is InChI=1S/C26H21N9O/c1-2-5-23(36)31-16-8-15(10-27-11-16)20-9-17-21(14-30-20)34-35-25(17)26-32-22-13-28-12-18(24(22)33-26)19-6-3-4-7-29-19/h3-4,6-14H,2,5H2,1H3,(H,31,36)(H,32,33)(H,34,35). The fourth-order valence-electron chi connectivity index (χ4n) is 4.11. The summed E-state index contributed by atoms with van der Waals surface area (Å²) in [6, 6.07) is 9.54. The molecule has 1 amide bonds. The number of fused-ring (bicyclic) bond motifs is 2. The lowest BCUT2D eigenvalue weighted by Gasteiger charge is -2.06. The normalized spacial score (nSPS) is 11.2. The first kappa shape index (κ1) is 21.5. The predicted octanol–water partition coefficient (Wildman–Crippen LogP) is 4.76. The van der Waals surface area contributed by atoms with E-state index in [4.69, 9.17) is 4.98 Å². The lowest BCUT2D eigenvalue weighted by molar-refractivity contribution is -0.116. The molecule has 0 aliphatic heterocycles. The van der Waals surface area contributed by atoms with Crippen LogP contribution in [0.2, 0.25) is 0 Å². The molecule has 0 saturated carbocycles. The molecule has 10 nitrogen and oxygen atoms in total. The Balaban J connectivity index is 1.40. The first-order valence-electron chi connectivity index (χ1n) is 11.5. The van der Waals surface area contributed by atoms with Crippen molar-refractivity contribution in [2.75, 3.05) is 5.32 Å². The molecule has 10 heteroatoms. The first-order valence-corrected chi connectivity index (χ1v) is 11.5. The summed E-state index contributed by atoms with van der Waals surface area (Å²) in [7, 11) is 0. The van der Waals surface area contributed by atoms with E-state index in [0.29, 0.717) is 29.3 Å². The van der Waals surface area contributed by atoms with E-state index in [1.54, 1.807) is 37.2 Å². The van der Waals surface area contributed by atoms with Gasteiger partial charge in [-0.3, -0.25) is 29.8 Å². The third kappa shape index (κ3) is 3.94. The van der Waals surface area contributed by atoms with Gasteiger partial charge in [-0.15, -0.1) is 0 Å². The van der Waals surface area contributed by atoms with Crippen LogP contribution in [-0.4, -0.2) is 46.0 Å². The Labute approximate surface area is 205 Å². The number of imidazole rings is 1. The molecule has 6 aromatic heterocycles. The number of aromatic nitrogens is 8. The van der Waals surface area contributed by atoms with Gasteiger partial charge in [0.15, 0.2) is 5.82 Å². The highest BCUT2D eigenvalue weighted by Crippen LogP contribution is 2.31.